The van der Waals surface area contributed by atoms with Gasteiger partial charge in [-0.25, -0.2) is 4.79 Å². The number of hydrogen-bond acceptors (Lipinski definition) is 6. The third-order valence-electron chi connectivity index (χ3n) is 4.56. The fourth-order valence-electron chi connectivity index (χ4n) is 3.04. The Kier molecular flexibility index (Phi) is 6.59. The molecule has 6 nitrogen and oxygen atoms in total. The van der Waals surface area contributed by atoms with Crippen LogP contribution in [0.3, 0.4) is 0 Å². The lowest BCUT2D eigenvalue weighted by atomic mass is 10.1. The molecule has 0 spiro atoms. The van der Waals surface area contributed by atoms with Crippen LogP contribution in [-0.2, 0) is 11.2 Å². The number of ether oxygens (including phenoxy) is 3. The highest BCUT2D eigenvalue weighted by atomic mass is 32.1. The van der Waals surface area contributed by atoms with E-state index < -0.39 is 0 Å². The number of rotatable bonds is 9. The van der Waals surface area contributed by atoms with E-state index in [9.17, 15) is 4.79 Å². The lowest BCUT2D eigenvalue weighted by molar-refractivity contribution is 0.0520. The molecule has 2 N–H and O–H groups in total. The molecule has 1 unspecified atom stereocenters. The molecular weight excluding hydrogens is 376 g/mol. The number of thiophene rings is 1. The van der Waals surface area contributed by atoms with E-state index in [0.717, 1.165) is 34.7 Å². The molecule has 3 aromatic rings. The Bertz CT molecular complexity index is 916. The van der Waals surface area contributed by atoms with Gasteiger partial charge >= 0.3 is 5.97 Å². The highest BCUT2D eigenvalue weighted by Crippen LogP contribution is 2.31. The first-order valence-corrected chi connectivity index (χ1v) is 10.1. The van der Waals surface area contributed by atoms with Crippen molar-refractivity contribution < 1.29 is 19.0 Å². The molecule has 1 atom stereocenters. The summed E-state index contributed by atoms with van der Waals surface area (Å²) in [5.74, 6) is 1.18. The summed E-state index contributed by atoms with van der Waals surface area (Å²) in [6.45, 7) is 5.16. The van der Waals surface area contributed by atoms with Crippen molar-refractivity contribution in [3.8, 4) is 11.5 Å². The Morgan fingerprint density at radius 1 is 1.18 bits per heavy atom. The van der Waals surface area contributed by atoms with Crippen LogP contribution in [0.4, 0.5) is 0 Å². The third kappa shape index (κ3) is 4.48. The SMILES string of the molecule is CCOC(=O)c1cc2sc(C(C)NCCc3ccc(OC)c(OC)c3)cc2[nH]1. The molecule has 2 aromatic heterocycles. The average Bonchev–Trinajstić information content (AvgIpc) is 3.27. The van der Waals surface area contributed by atoms with Gasteiger partial charge in [-0.15, -0.1) is 11.3 Å². The van der Waals surface area contributed by atoms with Gasteiger partial charge in [0.2, 0.25) is 0 Å². The van der Waals surface area contributed by atoms with Crippen molar-refractivity contribution in [1.29, 1.82) is 0 Å². The van der Waals surface area contributed by atoms with Gasteiger partial charge in [-0.2, -0.15) is 0 Å². The fourth-order valence-corrected chi connectivity index (χ4v) is 4.13. The first kappa shape index (κ1) is 20.2. The molecule has 2 heterocycles. The maximum Gasteiger partial charge on any atom is 0.354 e. The van der Waals surface area contributed by atoms with E-state index in [4.69, 9.17) is 14.2 Å². The van der Waals surface area contributed by atoms with E-state index in [-0.39, 0.29) is 12.0 Å². The summed E-state index contributed by atoms with van der Waals surface area (Å²) in [5, 5.41) is 3.55. The van der Waals surface area contributed by atoms with Crippen LogP contribution in [0.1, 0.15) is 40.8 Å². The summed E-state index contributed by atoms with van der Waals surface area (Å²) < 4.78 is 16.7. The van der Waals surface area contributed by atoms with Crippen LogP contribution in [-0.4, -0.2) is 38.3 Å². The minimum Gasteiger partial charge on any atom is -0.493 e. The third-order valence-corrected chi connectivity index (χ3v) is 5.82. The molecule has 0 radical (unpaired) electrons. The van der Waals surface area contributed by atoms with Gasteiger partial charge in [-0.1, -0.05) is 6.07 Å². The van der Waals surface area contributed by atoms with E-state index in [0.29, 0.717) is 12.3 Å². The number of esters is 1. The van der Waals surface area contributed by atoms with Crippen LogP contribution in [0.15, 0.2) is 30.3 Å². The van der Waals surface area contributed by atoms with Crippen LogP contribution in [0.5, 0.6) is 11.5 Å². The molecule has 0 aliphatic rings. The van der Waals surface area contributed by atoms with Crippen LogP contribution < -0.4 is 14.8 Å². The van der Waals surface area contributed by atoms with Crippen molar-refractivity contribution in [3.63, 3.8) is 0 Å². The second kappa shape index (κ2) is 9.12. The predicted octanol–water partition coefficient (Wildman–Crippen LogP) is 4.32. The first-order valence-electron chi connectivity index (χ1n) is 9.29. The lowest BCUT2D eigenvalue weighted by Gasteiger charge is -2.13. The fraction of sp³-hybridized carbons (Fsp3) is 0.381. The number of fused-ring (bicyclic) bond motifs is 1. The molecule has 7 heteroatoms. The maximum absolute atomic E-state index is 11.8. The van der Waals surface area contributed by atoms with Gasteiger partial charge in [0.05, 0.1) is 31.0 Å². The summed E-state index contributed by atoms with van der Waals surface area (Å²) in [6.07, 6.45) is 0.890. The Morgan fingerprint density at radius 3 is 2.64 bits per heavy atom. The van der Waals surface area contributed by atoms with Crippen LogP contribution in [0, 0.1) is 0 Å². The van der Waals surface area contributed by atoms with Gasteiger partial charge in [-0.3, -0.25) is 0 Å². The average molecular weight is 403 g/mol. The van der Waals surface area contributed by atoms with Crippen molar-refractivity contribution in [2.75, 3.05) is 27.4 Å². The molecule has 0 saturated carbocycles. The van der Waals surface area contributed by atoms with E-state index >= 15 is 0 Å². The van der Waals surface area contributed by atoms with Crippen molar-refractivity contribution in [1.82, 2.24) is 10.3 Å². The molecule has 0 fully saturated rings. The van der Waals surface area contributed by atoms with E-state index in [2.05, 4.69) is 29.4 Å². The summed E-state index contributed by atoms with van der Waals surface area (Å²) in [5.41, 5.74) is 2.66. The first-order chi connectivity index (χ1) is 13.5. The second-order valence-corrected chi connectivity index (χ2v) is 7.56. The van der Waals surface area contributed by atoms with Gasteiger partial charge in [0.15, 0.2) is 11.5 Å². The van der Waals surface area contributed by atoms with E-state index in [1.54, 1.807) is 32.5 Å². The molecule has 3 rings (SSSR count). The van der Waals surface area contributed by atoms with Gasteiger partial charge in [0.25, 0.3) is 0 Å². The van der Waals surface area contributed by atoms with Crippen LogP contribution in [0.25, 0.3) is 10.2 Å². The van der Waals surface area contributed by atoms with Gasteiger partial charge in [0.1, 0.15) is 5.69 Å². The lowest BCUT2D eigenvalue weighted by Crippen LogP contribution is -2.20. The number of aromatic amines is 1. The van der Waals surface area contributed by atoms with Crippen molar-refractivity contribution in [2.45, 2.75) is 26.3 Å². The molecule has 28 heavy (non-hydrogen) atoms. The molecule has 0 aliphatic heterocycles. The van der Waals surface area contributed by atoms with Crippen molar-refractivity contribution in [3.05, 3.63) is 46.5 Å². The summed E-state index contributed by atoms with van der Waals surface area (Å²) >= 11 is 1.68. The normalized spacial score (nSPS) is 12.1. The monoisotopic (exact) mass is 402 g/mol. The molecule has 0 saturated heterocycles. The van der Waals surface area contributed by atoms with Crippen LogP contribution in [0.2, 0.25) is 0 Å². The summed E-state index contributed by atoms with van der Waals surface area (Å²) in [7, 11) is 3.28. The largest absolute Gasteiger partial charge is 0.493 e. The summed E-state index contributed by atoms with van der Waals surface area (Å²) in [4.78, 5) is 16.2. The zero-order valence-corrected chi connectivity index (χ0v) is 17.4. The van der Waals surface area contributed by atoms with Gasteiger partial charge in [-0.05, 0) is 56.6 Å². The summed E-state index contributed by atoms with van der Waals surface area (Å²) in [6, 6.07) is 10.2. The Balaban J connectivity index is 1.58. The van der Waals surface area contributed by atoms with E-state index in [1.165, 1.54) is 10.4 Å². The van der Waals surface area contributed by atoms with Gasteiger partial charge in [0, 0.05) is 10.9 Å². The quantitative estimate of drug-likeness (QED) is 0.522. The molecular formula is C21H26N2O4S. The zero-order chi connectivity index (χ0) is 20.1. The second-order valence-electron chi connectivity index (χ2n) is 6.45. The predicted molar refractivity (Wildman–Crippen MR) is 112 cm³/mol. The van der Waals surface area contributed by atoms with Gasteiger partial charge < -0.3 is 24.5 Å². The molecule has 0 bridgehead atoms. The standard InChI is InChI=1S/C21H26N2O4S/c1-5-27-21(24)16-12-20-15(23-16)11-19(28-20)13(2)22-9-8-14-6-7-17(25-3)18(10-14)26-4/h6-7,10-13,22-23H,5,8-9H2,1-4H3. The maximum atomic E-state index is 11.8. The highest BCUT2D eigenvalue weighted by Gasteiger charge is 2.15. The number of aromatic nitrogens is 1. The molecule has 150 valence electrons. The minimum absolute atomic E-state index is 0.219. The minimum atomic E-state index is -0.312. The van der Waals surface area contributed by atoms with Crippen LogP contribution >= 0.6 is 11.3 Å². The number of carbonyl (C=O) groups is 1. The van der Waals surface area contributed by atoms with Crippen molar-refractivity contribution >= 4 is 27.5 Å². The topological polar surface area (TPSA) is 72.6 Å². The molecule has 0 amide bonds. The molecule has 0 aliphatic carbocycles. The zero-order valence-electron chi connectivity index (χ0n) is 16.6. The number of hydrogen-bond donors (Lipinski definition) is 2. The number of carbonyl (C=O) groups excluding carboxylic acids is 1. The van der Waals surface area contributed by atoms with Crippen molar-refractivity contribution in [2.24, 2.45) is 0 Å². The van der Waals surface area contributed by atoms with E-state index in [1.807, 2.05) is 18.2 Å². The number of nitrogens with one attached hydrogen (secondary N) is 2. The number of H-pyrrole nitrogens is 1. The Labute approximate surface area is 168 Å². The highest BCUT2D eigenvalue weighted by molar-refractivity contribution is 7.19. The number of benzene rings is 1. The smallest absolute Gasteiger partial charge is 0.354 e. The Morgan fingerprint density at radius 2 is 1.96 bits per heavy atom. The number of methoxy groups -OCH3 is 2. The molecule has 1 aromatic carbocycles. The Hall–Kier alpha value is -2.51.